The van der Waals surface area contributed by atoms with Crippen molar-refractivity contribution >= 4 is 0 Å². The minimum absolute atomic E-state index is 0.364. The van der Waals surface area contributed by atoms with E-state index < -0.39 is 18.3 Å². The van der Waals surface area contributed by atoms with Crippen LogP contribution in [0.3, 0.4) is 0 Å². The van der Waals surface area contributed by atoms with E-state index in [1.54, 1.807) is 5.57 Å². The Morgan fingerprint density at radius 1 is 1.06 bits per heavy atom. The Morgan fingerprint density at radius 3 is 2.47 bits per heavy atom. The quantitative estimate of drug-likeness (QED) is 0.372. The molecule has 0 aromatic heterocycles. The predicted molar refractivity (Wildman–Crippen MR) is 143 cm³/mol. The van der Waals surface area contributed by atoms with Crippen LogP contribution in [0.5, 0.6) is 0 Å². The number of hydrogen-bond donors (Lipinski definition) is 2. The van der Waals surface area contributed by atoms with Crippen molar-refractivity contribution in [1.82, 2.24) is 0 Å². The van der Waals surface area contributed by atoms with E-state index in [2.05, 4.69) is 60.3 Å². The van der Waals surface area contributed by atoms with Gasteiger partial charge in [0.15, 0.2) is 0 Å². The Morgan fingerprint density at radius 2 is 1.79 bits per heavy atom. The molecule has 3 nitrogen and oxygen atoms in total. The van der Waals surface area contributed by atoms with Gasteiger partial charge in [0.1, 0.15) is 12.2 Å². The molecule has 3 rings (SSSR count). The Kier molecular flexibility index (Phi) is 9.68. The van der Waals surface area contributed by atoms with E-state index in [1.807, 2.05) is 0 Å². The van der Waals surface area contributed by atoms with Crippen molar-refractivity contribution in [3.05, 3.63) is 35.5 Å². The molecule has 194 valence electrons. The first kappa shape index (κ1) is 27.7. The topological polar surface area (TPSA) is 49.7 Å². The van der Waals surface area contributed by atoms with Crippen molar-refractivity contribution in [2.75, 3.05) is 6.61 Å². The monoisotopic (exact) mass is 472 g/mol. The molecule has 3 aliphatic rings. The van der Waals surface area contributed by atoms with Crippen LogP contribution in [0.15, 0.2) is 35.5 Å². The van der Waals surface area contributed by atoms with Crippen molar-refractivity contribution in [3.8, 4) is 0 Å². The summed E-state index contributed by atoms with van der Waals surface area (Å²) in [5, 5.41) is 21.5. The number of ether oxygens (including phenoxy) is 1. The Hall–Kier alpha value is -0.900. The van der Waals surface area contributed by atoms with Crippen LogP contribution in [0.25, 0.3) is 0 Å². The van der Waals surface area contributed by atoms with Gasteiger partial charge in [-0.05, 0) is 78.3 Å². The molecular formula is C31H52O3. The highest BCUT2D eigenvalue weighted by molar-refractivity contribution is 5.40. The lowest BCUT2D eigenvalue weighted by atomic mass is 9.60. The van der Waals surface area contributed by atoms with Gasteiger partial charge in [0.25, 0.3) is 0 Å². The highest BCUT2D eigenvalue weighted by Crippen LogP contribution is 2.60. The summed E-state index contributed by atoms with van der Waals surface area (Å²) in [5.41, 5.74) is 3.67. The summed E-state index contributed by atoms with van der Waals surface area (Å²) in [6.45, 7) is 18.6. The lowest BCUT2D eigenvalue weighted by Crippen LogP contribution is -2.45. The SMILES string of the molecule is C=C1/C(=C\C=C2CCC[C@@]3(C)C2CC[C@@H]3[C@H](C)CCCC(C)C)C[C@@H](O)[C@H](OCC(C)C)[C@H]1O. The summed E-state index contributed by atoms with van der Waals surface area (Å²) >= 11 is 0. The van der Waals surface area contributed by atoms with E-state index in [4.69, 9.17) is 4.74 Å². The van der Waals surface area contributed by atoms with E-state index in [0.29, 0.717) is 35.9 Å². The third kappa shape index (κ3) is 6.26. The van der Waals surface area contributed by atoms with Gasteiger partial charge in [0.2, 0.25) is 0 Å². The highest BCUT2D eigenvalue weighted by atomic mass is 16.5. The van der Waals surface area contributed by atoms with Gasteiger partial charge in [-0.2, -0.15) is 0 Å². The van der Waals surface area contributed by atoms with E-state index >= 15 is 0 Å². The molecule has 34 heavy (non-hydrogen) atoms. The molecule has 7 atom stereocenters. The van der Waals surface area contributed by atoms with Gasteiger partial charge < -0.3 is 14.9 Å². The van der Waals surface area contributed by atoms with E-state index in [9.17, 15) is 10.2 Å². The fourth-order valence-electron chi connectivity index (χ4n) is 7.22. The van der Waals surface area contributed by atoms with Crippen molar-refractivity contribution in [2.45, 2.75) is 118 Å². The second-order valence-electron chi connectivity index (χ2n) is 12.8. The smallest absolute Gasteiger partial charge is 0.114 e. The summed E-state index contributed by atoms with van der Waals surface area (Å²) < 4.78 is 5.82. The van der Waals surface area contributed by atoms with E-state index in [-0.39, 0.29) is 0 Å². The maximum Gasteiger partial charge on any atom is 0.114 e. The maximum absolute atomic E-state index is 10.8. The van der Waals surface area contributed by atoms with Crippen LogP contribution >= 0.6 is 0 Å². The molecule has 0 aromatic carbocycles. The molecule has 2 N–H and O–H groups in total. The number of rotatable bonds is 9. The van der Waals surface area contributed by atoms with Crippen LogP contribution < -0.4 is 0 Å². The maximum atomic E-state index is 10.8. The molecule has 0 saturated heterocycles. The first-order valence-corrected chi connectivity index (χ1v) is 14.1. The van der Waals surface area contributed by atoms with E-state index in [1.165, 1.54) is 51.4 Å². The molecule has 3 aliphatic carbocycles. The van der Waals surface area contributed by atoms with Crippen LogP contribution in [0.2, 0.25) is 0 Å². The molecule has 0 aliphatic heterocycles. The van der Waals surface area contributed by atoms with Crippen LogP contribution in [0.4, 0.5) is 0 Å². The average Bonchev–Trinajstić information content (AvgIpc) is 3.12. The summed E-state index contributed by atoms with van der Waals surface area (Å²) in [6.07, 6.45) is 13.4. The number of aliphatic hydroxyl groups is 2. The lowest BCUT2D eigenvalue weighted by molar-refractivity contribution is -0.101. The zero-order valence-electron chi connectivity index (χ0n) is 22.9. The van der Waals surface area contributed by atoms with Crippen LogP contribution in [-0.2, 0) is 4.74 Å². The Bertz CT molecular complexity index is 748. The van der Waals surface area contributed by atoms with Crippen LogP contribution in [0, 0.1) is 35.0 Å². The van der Waals surface area contributed by atoms with Crippen molar-refractivity contribution in [1.29, 1.82) is 0 Å². The van der Waals surface area contributed by atoms with Crippen molar-refractivity contribution < 1.29 is 14.9 Å². The minimum atomic E-state index is -0.841. The molecule has 0 aromatic rings. The second-order valence-corrected chi connectivity index (χ2v) is 12.8. The first-order chi connectivity index (χ1) is 16.0. The predicted octanol–water partition coefficient (Wildman–Crippen LogP) is 7.24. The Balaban J connectivity index is 1.69. The van der Waals surface area contributed by atoms with Crippen LogP contribution in [0.1, 0.15) is 99.3 Å². The fourth-order valence-corrected chi connectivity index (χ4v) is 7.22. The summed E-state index contributed by atoms with van der Waals surface area (Å²) in [4.78, 5) is 0. The first-order valence-electron chi connectivity index (χ1n) is 14.1. The molecule has 0 bridgehead atoms. The number of fused-ring (bicyclic) bond motifs is 1. The summed E-state index contributed by atoms with van der Waals surface area (Å²) in [7, 11) is 0. The normalized spacial score (nSPS) is 37.7. The van der Waals surface area contributed by atoms with Gasteiger partial charge in [-0.25, -0.2) is 0 Å². The standard InChI is InChI=1S/C31H52O3/c1-20(2)10-8-11-22(5)26-15-16-27-24(12-9-17-31(26,27)7)13-14-25-18-28(32)30(29(33)23(25)6)34-19-21(3)4/h13-14,20-22,26-30,32-33H,6,8-12,15-19H2,1-5,7H3/b24-13?,25-14-/t22-,26-,27?,28-,29+,30+,31-/m1/s1. The summed E-state index contributed by atoms with van der Waals surface area (Å²) in [6, 6.07) is 0. The molecule has 0 spiro atoms. The molecule has 3 saturated carbocycles. The second kappa shape index (κ2) is 11.9. The zero-order valence-corrected chi connectivity index (χ0v) is 22.9. The average molecular weight is 473 g/mol. The minimum Gasteiger partial charge on any atom is -0.390 e. The molecule has 1 unspecified atom stereocenters. The number of hydrogen-bond acceptors (Lipinski definition) is 3. The van der Waals surface area contributed by atoms with Gasteiger partial charge in [-0.3, -0.25) is 0 Å². The van der Waals surface area contributed by atoms with E-state index in [0.717, 1.165) is 23.3 Å². The third-order valence-corrected chi connectivity index (χ3v) is 9.18. The molecule has 3 heteroatoms. The Labute approximate surface area is 209 Å². The highest BCUT2D eigenvalue weighted by Gasteiger charge is 2.50. The van der Waals surface area contributed by atoms with Gasteiger partial charge in [-0.15, -0.1) is 0 Å². The van der Waals surface area contributed by atoms with Crippen molar-refractivity contribution in [2.24, 2.45) is 35.0 Å². The van der Waals surface area contributed by atoms with Gasteiger partial charge >= 0.3 is 0 Å². The number of allylic oxidation sites excluding steroid dienone is 3. The van der Waals surface area contributed by atoms with Gasteiger partial charge in [0, 0.05) is 13.0 Å². The molecule has 0 radical (unpaired) electrons. The lowest BCUT2D eigenvalue weighted by Gasteiger charge is -2.44. The molecular weight excluding hydrogens is 420 g/mol. The van der Waals surface area contributed by atoms with Crippen LogP contribution in [-0.4, -0.2) is 35.1 Å². The molecule has 0 heterocycles. The molecule has 3 fully saturated rings. The largest absolute Gasteiger partial charge is 0.390 e. The zero-order chi connectivity index (χ0) is 25.0. The van der Waals surface area contributed by atoms with Crippen molar-refractivity contribution in [3.63, 3.8) is 0 Å². The fraction of sp³-hybridized carbons (Fsp3) is 0.806. The molecule has 0 amide bonds. The summed E-state index contributed by atoms with van der Waals surface area (Å²) in [5.74, 6) is 3.47. The third-order valence-electron chi connectivity index (χ3n) is 9.18. The van der Waals surface area contributed by atoms with Gasteiger partial charge in [0.05, 0.1) is 6.10 Å². The van der Waals surface area contributed by atoms with Gasteiger partial charge in [-0.1, -0.05) is 85.1 Å². The number of aliphatic hydroxyl groups excluding tert-OH is 2.